The Labute approximate surface area is 300 Å². The number of amides is 2. The largest absolute Gasteiger partial charge is 0.394 e. The minimum Gasteiger partial charge on any atom is -0.394 e. The van der Waals surface area contributed by atoms with Crippen molar-refractivity contribution in [3.8, 4) is 0 Å². The Balaban J connectivity index is 2.62. The molecule has 9 nitrogen and oxygen atoms in total. The predicted octanol–water partition coefficient (Wildman–Crippen LogP) is 7.79. The molecule has 0 aromatic heterocycles. The van der Waals surface area contributed by atoms with Crippen LogP contribution in [0.3, 0.4) is 0 Å². The number of rotatable bonds is 32. The quantitative estimate of drug-likeness (QED) is 0.0274. The van der Waals surface area contributed by atoms with Gasteiger partial charge in [-0.15, -0.1) is 0 Å². The van der Waals surface area contributed by atoms with E-state index in [1.807, 2.05) is 0 Å². The van der Waals surface area contributed by atoms with Crippen LogP contribution < -0.4 is 11.1 Å². The molecule has 0 saturated carbocycles. The van der Waals surface area contributed by atoms with E-state index in [4.69, 9.17) is 10.5 Å². The van der Waals surface area contributed by atoms with Gasteiger partial charge in [-0.1, -0.05) is 148 Å². The number of unbranched alkanes of at least 4 members (excludes halogenated alkanes) is 22. The lowest BCUT2D eigenvalue weighted by Crippen LogP contribution is -2.71. The molecule has 1 rings (SSSR count). The molecule has 1 aliphatic heterocycles. The molecule has 0 spiro atoms. The number of carbonyl (C=O) groups is 2. The lowest BCUT2D eigenvalue weighted by Gasteiger charge is -2.50. The molecule has 1 fully saturated rings. The van der Waals surface area contributed by atoms with E-state index in [2.05, 4.69) is 31.3 Å². The topological polar surface area (TPSA) is 145 Å². The minimum atomic E-state index is -1.68. The van der Waals surface area contributed by atoms with Gasteiger partial charge in [0.15, 0.2) is 0 Å². The maximum Gasteiger partial charge on any atom is 0.237 e. The molecule has 4 atom stereocenters. The van der Waals surface area contributed by atoms with Crippen molar-refractivity contribution in [3.05, 3.63) is 12.2 Å². The van der Waals surface area contributed by atoms with Gasteiger partial charge in [-0.2, -0.15) is 0 Å². The monoisotopic (exact) mass is 696 g/mol. The van der Waals surface area contributed by atoms with Crippen molar-refractivity contribution in [1.82, 2.24) is 10.2 Å². The number of nitrogens with two attached hydrogens (primary N) is 1. The van der Waals surface area contributed by atoms with Crippen LogP contribution in [0.5, 0.6) is 0 Å². The fraction of sp³-hybridized carbons (Fsp3) is 0.900. The summed E-state index contributed by atoms with van der Waals surface area (Å²) < 4.78 is 6.10. The van der Waals surface area contributed by atoms with Gasteiger partial charge < -0.3 is 31.1 Å². The summed E-state index contributed by atoms with van der Waals surface area (Å²) in [5.41, 5.74) is 5.64. The van der Waals surface area contributed by atoms with Crippen molar-refractivity contribution < 1.29 is 29.6 Å². The Hall–Kier alpha value is -1.52. The molecule has 6 N–H and O–H groups in total. The molecule has 1 aliphatic rings. The van der Waals surface area contributed by atoms with Gasteiger partial charge in [0.2, 0.25) is 17.7 Å². The first kappa shape index (κ1) is 45.5. The second-order valence-corrected chi connectivity index (χ2v) is 14.4. The smallest absolute Gasteiger partial charge is 0.237 e. The number of nitrogens with zero attached hydrogens (tertiary/aromatic N) is 1. The lowest BCUT2D eigenvalue weighted by atomic mass is 9.96. The van der Waals surface area contributed by atoms with Crippen LogP contribution in [0, 0.1) is 0 Å². The van der Waals surface area contributed by atoms with E-state index in [1.165, 1.54) is 101 Å². The zero-order valence-corrected chi connectivity index (χ0v) is 31.7. The van der Waals surface area contributed by atoms with Crippen molar-refractivity contribution in [1.29, 1.82) is 0 Å². The Morgan fingerprint density at radius 2 is 1.18 bits per heavy atom. The van der Waals surface area contributed by atoms with E-state index >= 15 is 0 Å². The van der Waals surface area contributed by atoms with Crippen LogP contribution in [0.1, 0.15) is 187 Å². The molecule has 288 valence electrons. The number of hydrogen-bond acceptors (Lipinski definition) is 7. The first-order chi connectivity index (χ1) is 23.8. The molecular formula is C40H77N3O6. The molecule has 9 heteroatoms. The van der Waals surface area contributed by atoms with Gasteiger partial charge in [-0.3, -0.25) is 14.5 Å². The zero-order valence-electron chi connectivity index (χ0n) is 31.7. The molecule has 2 amide bonds. The SMILES string of the molecule is CCCCCCCCC=CCCCCCCCC(=O)N(CCCCCCCCCCCCCC)[C@@]1(NC(=O)CN)C[C@@H](O)[C@H](O)[C@@H](CO)O1. The first-order valence-corrected chi connectivity index (χ1v) is 20.5. The number of aliphatic hydroxyl groups is 3. The van der Waals surface area contributed by atoms with E-state index in [9.17, 15) is 24.9 Å². The number of allylic oxidation sites excluding steroid dienone is 2. The van der Waals surface area contributed by atoms with E-state index in [-0.39, 0.29) is 18.9 Å². The van der Waals surface area contributed by atoms with Crippen LogP contribution in [-0.4, -0.2) is 75.9 Å². The van der Waals surface area contributed by atoms with E-state index in [0.29, 0.717) is 13.0 Å². The highest BCUT2D eigenvalue weighted by Gasteiger charge is 2.51. The first-order valence-electron chi connectivity index (χ1n) is 20.5. The standard InChI is InChI=1S/C40H77N3O6/c1-3-5-7-9-11-13-15-17-18-19-20-22-24-26-28-30-38(47)43(31-29-27-25-23-21-16-14-12-10-8-6-4-2)40(42-37(46)33-41)32-35(45)39(48)36(34-44)49-40/h17-18,35-36,39,44-45,48H,3-16,19-34,41H2,1-2H3,(H,42,46)/t35-,36-,39+,40+/m1/s1. The second-order valence-electron chi connectivity index (χ2n) is 14.4. The highest BCUT2D eigenvalue weighted by Crippen LogP contribution is 2.32. The Morgan fingerprint density at radius 1 is 0.735 bits per heavy atom. The van der Waals surface area contributed by atoms with E-state index in [0.717, 1.165) is 64.2 Å². The number of nitrogens with one attached hydrogen (secondary N) is 1. The Bertz CT molecular complexity index is 843. The molecule has 0 unspecified atom stereocenters. The van der Waals surface area contributed by atoms with Gasteiger partial charge in [0.05, 0.1) is 19.3 Å². The van der Waals surface area contributed by atoms with Crippen molar-refractivity contribution in [3.63, 3.8) is 0 Å². The highest BCUT2D eigenvalue weighted by molar-refractivity contribution is 5.81. The summed E-state index contributed by atoms with van der Waals surface area (Å²) in [6.07, 6.45) is 30.4. The normalized spacial score (nSPS) is 21.0. The summed E-state index contributed by atoms with van der Waals surface area (Å²) in [5, 5.41) is 33.9. The van der Waals surface area contributed by atoms with Gasteiger partial charge in [-0.25, -0.2) is 0 Å². The molecule has 0 aromatic carbocycles. The summed E-state index contributed by atoms with van der Waals surface area (Å²) in [6, 6.07) is 0. The average Bonchev–Trinajstić information content (AvgIpc) is 3.09. The van der Waals surface area contributed by atoms with Crippen molar-refractivity contribution >= 4 is 11.8 Å². The third-order valence-electron chi connectivity index (χ3n) is 9.93. The summed E-state index contributed by atoms with van der Waals surface area (Å²) in [4.78, 5) is 28.0. The molecule has 0 aliphatic carbocycles. The summed E-state index contributed by atoms with van der Waals surface area (Å²) in [5.74, 6) is -2.38. The fourth-order valence-corrected chi connectivity index (χ4v) is 6.86. The van der Waals surface area contributed by atoms with Crippen molar-refractivity contribution in [2.24, 2.45) is 5.73 Å². The van der Waals surface area contributed by atoms with Crippen molar-refractivity contribution in [2.75, 3.05) is 19.7 Å². The zero-order chi connectivity index (χ0) is 36.0. The highest BCUT2D eigenvalue weighted by atomic mass is 16.6. The average molecular weight is 696 g/mol. The van der Waals surface area contributed by atoms with E-state index in [1.54, 1.807) is 0 Å². The molecule has 1 heterocycles. The second kappa shape index (κ2) is 30.1. The molecule has 49 heavy (non-hydrogen) atoms. The third kappa shape index (κ3) is 20.8. The van der Waals surface area contributed by atoms with Gasteiger partial charge in [-0.05, 0) is 38.5 Å². The minimum absolute atomic E-state index is 0.168. The van der Waals surface area contributed by atoms with Gasteiger partial charge >= 0.3 is 0 Å². The molecule has 0 radical (unpaired) electrons. The molecule has 0 aromatic rings. The number of hydrogen-bond donors (Lipinski definition) is 5. The third-order valence-corrected chi connectivity index (χ3v) is 9.93. The van der Waals surface area contributed by atoms with Crippen LogP contribution in [0.25, 0.3) is 0 Å². The number of aliphatic hydroxyl groups excluding tert-OH is 3. The summed E-state index contributed by atoms with van der Waals surface area (Å²) >= 11 is 0. The molecular weight excluding hydrogens is 618 g/mol. The maximum atomic E-state index is 13.8. The van der Waals surface area contributed by atoms with Crippen LogP contribution >= 0.6 is 0 Å². The van der Waals surface area contributed by atoms with Gasteiger partial charge in [0.25, 0.3) is 0 Å². The Morgan fingerprint density at radius 3 is 1.65 bits per heavy atom. The number of carbonyl (C=O) groups excluding carboxylic acids is 2. The van der Waals surface area contributed by atoms with Gasteiger partial charge in [0, 0.05) is 19.4 Å². The van der Waals surface area contributed by atoms with Crippen LogP contribution in [0.15, 0.2) is 12.2 Å². The van der Waals surface area contributed by atoms with Crippen LogP contribution in [-0.2, 0) is 14.3 Å². The summed E-state index contributed by atoms with van der Waals surface area (Å²) in [7, 11) is 0. The summed E-state index contributed by atoms with van der Waals surface area (Å²) in [6.45, 7) is 3.95. The lowest BCUT2D eigenvalue weighted by molar-refractivity contribution is -0.280. The molecule has 0 bridgehead atoms. The van der Waals surface area contributed by atoms with Crippen LogP contribution in [0.4, 0.5) is 0 Å². The number of ether oxygens (including phenoxy) is 1. The van der Waals surface area contributed by atoms with Crippen molar-refractivity contribution in [2.45, 2.75) is 211 Å². The fourth-order valence-electron chi connectivity index (χ4n) is 6.86. The van der Waals surface area contributed by atoms with E-state index < -0.39 is 36.7 Å². The molecule has 1 saturated heterocycles. The maximum absolute atomic E-state index is 13.8. The predicted molar refractivity (Wildman–Crippen MR) is 201 cm³/mol. The van der Waals surface area contributed by atoms with Gasteiger partial charge in [0.1, 0.15) is 12.2 Å². The Kier molecular flexibility index (Phi) is 28.0. The van der Waals surface area contributed by atoms with Crippen LogP contribution in [0.2, 0.25) is 0 Å².